The van der Waals surface area contributed by atoms with Crippen molar-refractivity contribution in [1.82, 2.24) is 10.2 Å². The Kier molecular flexibility index (Phi) is 5.31. The molecule has 1 saturated heterocycles. The van der Waals surface area contributed by atoms with Gasteiger partial charge in [-0.3, -0.25) is 9.59 Å². The Hall–Kier alpha value is -1.91. The fraction of sp³-hybridized carbons (Fsp3) is 0.500. The van der Waals surface area contributed by atoms with Crippen LogP contribution in [0, 0.1) is 11.7 Å². The Morgan fingerprint density at radius 2 is 2.10 bits per heavy atom. The van der Waals surface area contributed by atoms with E-state index in [1.54, 1.807) is 17.0 Å². The van der Waals surface area contributed by atoms with Gasteiger partial charge in [0.25, 0.3) is 0 Å². The van der Waals surface area contributed by atoms with E-state index in [1.165, 1.54) is 12.1 Å². The average molecular weight is 292 g/mol. The molecule has 0 radical (unpaired) electrons. The van der Waals surface area contributed by atoms with Gasteiger partial charge in [-0.05, 0) is 24.1 Å². The number of benzene rings is 1. The van der Waals surface area contributed by atoms with Crippen molar-refractivity contribution in [3.8, 4) is 0 Å². The predicted octanol–water partition coefficient (Wildman–Crippen LogP) is 2.09. The van der Waals surface area contributed by atoms with E-state index in [9.17, 15) is 14.0 Å². The zero-order valence-electron chi connectivity index (χ0n) is 12.3. The summed E-state index contributed by atoms with van der Waals surface area (Å²) in [6.45, 7) is 3.65. The molecule has 0 saturated carbocycles. The summed E-state index contributed by atoms with van der Waals surface area (Å²) in [6.07, 6.45) is 1.82. The van der Waals surface area contributed by atoms with Crippen LogP contribution in [0.5, 0.6) is 0 Å². The molecule has 1 N–H and O–H groups in total. The van der Waals surface area contributed by atoms with Gasteiger partial charge in [0.1, 0.15) is 5.82 Å². The summed E-state index contributed by atoms with van der Waals surface area (Å²) < 4.78 is 12.9. The zero-order chi connectivity index (χ0) is 15.2. The van der Waals surface area contributed by atoms with Crippen LogP contribution in [0.4, 0.5) is 4.39 Å². The van der Waals surface area contributed by atoms with E-state index in [-0.39, 0.29) is 23.5 Å². The third kappa shape index (κ3) is 4.55. The Morgan fingerprint density at radius 1 is 1.38 bits per heavy atom. The van der Waals surface area contributed by atoms with Crippen molar-refractivity contribution in [1.29, 1.82) is 0 Å². The van der Waals surface area contributed by atoms with E-state index in [2.05, 4.69) is 5.32 Å². The van der Waals surface area contributed by atoms with Crippen molar-refractivity contribution in [3.05, 3.63) is 35.6 Å². The van der Waals surface area contributed by atoms with Gasteiger partial charge in [-0.1, -0.05) is 19.1 Å². The molecule has 1 atom stereocenters. The first-order valence-electron chi connectivity index (χ1n) is 7.37. The molecule has 0 aliphatic carbocycles. The van der Waals surface area contributed by atoms with Crippen LogP contribution >= 0.6 is 0 Å². The third-order valence-corrected chi connectivity index (χ3v) is 3.65. The Morgan fingerprint density at radius 3 is 2.76 bits per heavy atom. The van der Waals surface area contributed by atoms with Gasteiger partial charge in [0.05, 0.1) is 0 Å². The lowest BCUT2D eigenvalue weighted by Crippen LogP contribution is -2.30. The first-order chi connectivity index (χ1) is 10.1. The van der Waals surface area contributed by atoms with Gasteiger partial charge in [-0.15, -0.1) is 0 Å². The number of hydrogen-bond acceptors (Lipinski definition) is 2. The van der Waals surface area contributed by atoms with Crippen LogP contribution in [0.2, 0.25) is 0 Å². The molecule has 2 rings (SSSR count). The SMILES string of the molecule is CCCC(=O)NCC1CC(=O)N(Cc2ccc(F)cc2)C1. The monoisotopic (exact) mass is 292 g/mol. The van der Waals surface area contributed by atoms with Crippen molar-refractivity contribution in [3.63, 3.8) is 0 Å². The molecular weight excluding hydrogens is 271 g/mol. The third-order valence-electron chi connectivity index (χ3n) is 3.65. The molecule has 1 fully saturated rings. The minimum atomic E-state index is -0.275. The second kappa shape index (κ2) is 7.20. The summed E-state index contributed by atoms with van der Waals surface area (Å²) >= 11 is 0. The summed E-state index contributed by atoms with van der Waals surface area (Å²) in [4.78, 5) is 25.2. The molecule has 1 aromatic carbocycles. The van der Waals surface area contributed by atoms with Crippen LogP contribution in [0.1, 0.15) is 31.7 Å². The number of hydrogen-bond donors (Lipinski definition) is 1. The first kappa shape index (κ1) is 15.5. The molecular formula is C16H21FN2O2. The minimum absolute atomic E-state index is 0.0435. The maximum Gasteiger partial charge on any atom is 0.223 e. The molecule has 0 aromatic heterocycles. The quantitative estimate of drug-likeness (QED) is 0.873. The largest absolute Gasteiger partial charge is 0.356 e. The molecule has 1 aliphatic rings. The smallest absolute Gasteiger partial charge is 0.223 e. The molecule has 1 aromatic rings. The molecule has 2 amide bonds. The topological polar surface area (TPSA) is 49.4 Å². The summed E-state index contributed by atoms with van der Waals surface area (Å²) in [5.74, 6) is 0.0257. The normalized spacial score (nSPS) is 18.1. The second-order valence-corrected chi connectivity index (χ2v) is 5.52. The fourth-order valence-electron chi connectivity index (χ4n) is 2.53. The van der Waals surface area contributed by atoms with E-state index >= 15 is 0 Å². The van der Waals surface area contributed by atoms with Crippen LogP contribution in [-0.2, 0) is 16.1 Å². The van der Waals surface area contributed by atoms with Gasteiger partial charge in [0.2, 0.25) is 11.8 Å². The number of amides is 2. The highest BCUT2D eigenvalue weighted by atomic mass is 19.1. The Balaban J connectivity index is 1.82. The van der Waals surface area contributed by atoms with Crippen LogP contribution in [0.15, 0.2) is 24.3 Å². The maximum absolute atomic E-state index is 12.9. The first-order valence-corrected chi connectivity index (χ1v) is 7.37. The zero-order valence-corrected chi connectivity index (χ0v) is 12.3. The highest BCUT2D eigenvalue weighted by Crippen LogP contribution is 2.19. The Labute approximate surface area is 124 Å². The molecule has 114 valence electrons. The predicted molar refractivity (Wildman–Crippen MR) is 77.8 cm³/mol. The van der Waals surface area contributed by atoms with Crippen molar-refractivity contribution >= 4 is 11.8 Å². The molecule has 1 heterocycles. The van der Waals surface area contributed by atoms with Crippen molar-refractivity contribution in [2.24, 2.45) is 5.92 Å². The maximum atomic E-state index is 12.9. The highest BCUT2D eigenvalue weighted by Gasteiger charge is 2.29. The molecule has 21 heavy (non-hydrogen) atoms. The number of halogens is 1. The lowest BCUT2D eigenvalue weighted by Gasteiger charge is -2.17. The average Bonchev–Trinajstić information content (AvgIpc) is 2.80. The van der Waals surface area contributed by atoms with Gasteiger partial charge in [0.15, 0.2) is 0 Å². The standard InChI is InChI=1S/C16H21FN2O2/c1-2-3-15(20)18-9-13-8-16(21)19(11-13)10-12-4-6-14(17)7-5-12/h4-7,13H,2-3,8-11H2,1H3,(H,18,20). The number of carbonyl (C=O) groups is 2. The number of nitrogens with one attached hydrogen (secondary N) is 1. The second-order valence-electron chi connectivity index (χ2n) is 5.52. The van der Waals surface area contributed by atoms with Crippen LogP contribution in [0.3, 0.4) is 0 Å². The van der Waals surface area contributed by atoms with E-state index in [0.717, 1.165) is 12.0 Å². The summed E-state index contributed by atoms with van der Waals surface area (Å²) in [7, 11) is 0. The van der Waals surface area contributed by atoms with E-state index in [1.807, 2.05) is 6.92 Å². The lowest BCUT2D eigenvalue weighted by atomic mass is 10.1. The molecule has 1 aliphatic heterocycles. The van der Waals surface area contributed by atoms with Crippen molar-refractivity contribution in [2.75, 3.05) is 13.1 Å². The molecule has 0 spiro atoms. The van der Waals surface area contributed by atoms with E-state index < -0.39 is 0 Å². The van der Waals surface area contributed by atoms with Crippen LogP contribution < -0.4 is 5.32 Å². The molecule has 0 bridgehead atoms. The molecule has 5 heteroatoms. The number of nitrogens with zero attached hydrogens (tertiary/aromatic N) is 1. The van der Waals surface area contributed by atoms with Gasteiger partial charge in [-0.25, -0.2) is 4.39 Å². The Bertz CT molecular complexity index is 502. The summed E-state index contributed by atoms with van der Waals surface area (Å²) in [6, 6.07) is 6.19. The van der Waals surface area contributed by atoms with Crippen LogP contribution in [-0.4, -0.2) is 29.8 Å². The number of carbonyl (C=O) groups excluding carboxylic acids is 2. The fourth-order valence-corrected chi connectivity index (χ4v) is 2.53. The van der Waals surface area contributed by atoms with Gasteiger partial charge >= 0.3 is 0 Å². The van der Waals surface area contributed by atoms with Crippen molar-refractivity contribution < 1.29 is 14.0 Å². The highest BCUT2D eigenvalue weighted by molar-refractivity contribution is 5.79. The van der Waals surface area contributed by atoms with Gasteiger partial charge < -0.3 is 10.2 Å². The van der Waals surface area contributed by atoms with E-state index in [4.69, 9.17) is 0 Å². The molecule has 4 nitrogen and oxygen atoms in total. The van der Waals surface area contributed by atoms with Crippen LogP contribution in [0.25, 0.3) is 0 Å². The summed E-state index contributed by atoms with van der Waals surface area (Å²) in [5, 5.41) is 2.87. The van der Waals surface area contributed by atoms with Gasteiger partial charge in [0, 0.05) is 38.4 Å². The van der Waals surface area contributed by atoms with Crippen molar-refractivity contribution in [2.45, 2.75) is 32.7 Å². The van der Waals surface area contributed by atoms with E-state index in [0.29, 0.717) is 32.5 Å². The summed E-state index contributed by atoms with van der Waals surface area (Å²) in [5.41, 5.74) is 0.917. The lowest BCUT2D eigenvalue weighted by molar-refractivity contribution is -0.128. The number of rotatable bonds is 6. The molecule has 1 unspecified atom stereocenters. The minimum Gasteiger partial charge on any atom is -0.356 e. The van der Waals surface area contributed by atoms with Gasteiger partial charge in [-0.2, -0.15) is 0 Å². The number of likely N-dealkylation sites (tertiary alicyclic amines) is 1.